The Hall–Kier alpha value is -5.58. The number of aliphatic hydroxyl groups excluding tert-OH is 3. The molecule has 4 aliphatic heterocycles. The standard InChI is InChI=1S/C37H59N13O13/c1-17-23(29(54)26(45-33(39)40)31(61-17)62-19-8-5-18(6-9-19)7-10-22(52)44-14-4-13-43-12-3-2-11-38)47-36(57)49-30-25(46-34(41)55)28(53)21(16-59-30)63-32-27-24(20(51)15-60-32)48-37(58)50(27)35(42)56/h5-10,17,20-21,23-32,43,51,53-54H,2-4,11-16,38H2,1H3,(H2,42,56)(H,44,52)(H,48,58)(H4,39,40,45)(H3,41,46,55)(H2,47,49,57). The monoisotopic (exact) mass is 893 g/mol. The van der Waals surface area contributed by atoms with E-state index >= 15 is 0 Å². The van der Waals surface area contributed by atoms with Gasteiger partial charge < -0.3 is 99.6 Å². The molecule has 4 aliphatic rings. The number of imide groups is 1. The van der Waals surface area contributed by atoms with Crippen molar-refractivity contribution >= 4 is 42.1 Å². The van der Waals surface area contributed by atoms with Gasteiger partial charge in [-0.3, -0.25) is 4.79 Å². The number of carbonyl (C=O) groups is 5. The second-order valence-corrected chi connectivity index (χ2v) is 15.2. The lowest BCUT2D eigenvalue weighted by molar-refractivity contribution is -0.268. The molecule has 13 unspecified atom stereocenters. The number of nitrogens with one attached hydrogen (secondary N) is 6. The summed E-state index contributed by atoms with van der Waals surface area (Å²) in [6, 6.07) is -3.56. The van der Waals surface area contributed by atoms with Gasteiger partial charge in [0.1, 0.15) is 42.2 Å². The highest BCUT2D eigenvalue weighted by Crippen LogP contribution is 2.30. The van der Waals surface area contributed by atoms with E-state index in [9.17, 15) is 39.3 Å². The van der Waals surface area contributed by atoms with Crippen LogP contribution >= 0.6 is 0 Å². The summed E-state index contributed by atoms with van der Waals surface area (Å²) in [6.45, 7) is 3.66. The topological polar surface area (TPSA) is 410 Å². The molecule has 1 aromatic rings. The summed E-state index contributed by atoms with van der Waals surface area (Å²) in [4.78, 5) is 67.0. The largest absolute Gasteiger partial charge is 0.462 e. The van der Waals surface area contributed by atoms with Crippen LogP contribution in [0.15, 0.2) is 35.3 Å². The third-order valence-corrected chi connectivity index (χ3v) is 10.6. The molecule has 13 atom stereocenters. The maximum atomic E-state index is 13.4. The van der Waals surface area contributed by atoms with Gasteiger partial charge in [-0.05, 0) is 69.6 Å². The number of nitrogens with two attached hydrogens (primary N) is 5. The minimum absolute atomic E-state index is 0.243. The number of urea groups is 4. The molecule has 0 saturated carbocycles. The molecule has 0 radical (unpaired) electrons. The first kappa shape index (κ1) is 48.5. The number of rotatable bonds is 18. The van der Waals surface area contributed by atoms with Crippen LogP contribution in [0.2, 0.25) is 0 Å². The number of fused-ring (bicyclic) bond motifs is 1. The highest BCUT2D eigenvalue weighted by atomic mass is 16.7. The Morgan fingerprint density at radius 3 is 2.33 bits per heavy atom. The van der Waals surface area contributed by atoms with Gasteiger partial charge in [-0.1, -0.05) is 12.1 Å². The summed E-state index contributed by atoms with van der Waals surface area (Å²) in [6.07, 6.45) is -4.85. The van der Waals surface area contributed by atoms with Crippen molar-refractivity contribution in [3.05, 3.63) is 35.9 Å². The van der Waals surface area contributed by atoms with E-state index < -0.39 is 116 Å². The number of benzene rings is 1. The highest BCUT2D eigenvalue weighted by molar-refractivity contribution is 5.95. The summed E-state index contributed by atoms with van der Waals surface area (Å²) >= 11 is 0. The number of aliphatic hydroxyl groups is 3. The van der Waals surface area contributed by atoms with E-state index in [0.717, 1.165) is 32.4 Å². The first-order valence-electron chi connectivity index (χ1n) is 20.4. The molecule has 0 aromatic heterocycles. The Kier molecular flexibility index (Phi) is 17.4. The van der Waals surface area contributed by atoms with E-state index in [0.29, 0.717) is 29.3 Å². The van der Waals surface area contributed by atoms with Crippen molar-refractivity contribution in [1.82, 2.24) is 36.8 Å². The minimum Gasteiger partial charge on any atom is -0.462 e. The summed E-state index contributed by atoms with van der Waals surface area (Å²) in [5.41, 5.74) is 28.3. The van der Waals surface area contributed by atoms with Gasteiger partial charge in [0.05, 0.1) is 37.5 Å². The van der Waals surface area contributed by atoms with Crippen LogP contribution in [0.1, 0.15) is 31.7 Å². The molecule has 5 rings (SSSR count). The summed E-state index contributed by atoms with van der Waals surface area (Å²) in [5.74, 6) is -0.335. The molecule has 9 amide bonds. The normalized spacial score (nSPS) is 31.6. The third kappa shape index (κ3) is 13.0. The van der Waals surface area contributed by atoms with E-state index in [1.165, 1.54) is 6.08 Å². The summed E-state index contributed by atoms with van der Waals surface area (Å²) in [5, 5.41) is 49.1. The van der Waals surface area contributed by atoms with Crippen LogP contribution in [-0.4, -0.2) is 175 Å². The zero-order chi connectivity index (χ0) is 45.8. The molecular weight excluding hydrogens is 834 g/mol. The second-order valence-electron chi connectivity index (χ2n) is 15.2. The fraction of sp³-hybridized carbons (Fsp3) is 0.622. The Balaban J connectivity index is 1.15. The summed E-state index contributed by atoms with van der Waals surface area (Å²) in [7, 11) is 0. The minimum atomic E-state index is -1.64. The number of ether oxygens (including phenoxy) is 5. The predicted octanol–water partition coefficient (Wildman–Crippen LogP) is -4.97. The molecule has 4 saturated heterocycles. The second kappa shape index (κ2) is 22.7. The van der Waals surface area contributed by atoms with E-state index in [1.54, 1.807) is 37.3 Å². The number of hydrogen-bond acceptors (Lipinski definition) is 16. The predicted molar refractivity (Wildman–Crippen MR) is 221 cm³/mol. The van der Waals surface area contributed by atoms with E-state index in [-0.39, 0.29) is 12.5 Å². The van der Waals surface area contributed by atoms with Gasteiger partial charge in [-0.2, -0.15) is 0 Å². The van der Waals surface area contributed by atoms with Crippen LogP contribution < -0.4 is 65.3 Å². The Morgan fingerprint density at radius 2 is 1.65 bits per heavy atom. The smallest absolute Gasteiger partial charge is 0.326 e. The Morgan fingerprint density at radius 1 is 0.921 bits per heavy atom. The zero-order valence-electron chi connectivity index (χ0n) is 34.5. The van der Waals surface area contributed by atoms with Crippen molar-refractivity contribution in [2.45, 2.75) is 106 Å². The first-order chi connectivity index (χ1) is 30.1. The molecule has 0 spiro atoms. The third-order valence-electron chi connectivity index (χ3n) is 10.6. The van der Waals surface area contributed by atoms with Crippen molar-refractivity contribution in [1.29, 1.82) is 0 Å². The lowest BCUT2D eigenvalue weighted by Gasteiger charge is -2.44. The molecule has 26 nitrogen and oxygen atoms in total. The number of hydrogen-bond donors (Lipinski definition) is 14. The number of amides is 9. The number of primary amides is 2. The van der Waals surface area contributed by atoms with Gasteiger partial charge in [-0.25, -0.2) is 29.1 Å². The lowest BCUT2D eigenvalue weighted by Crippen LogP contribution is -2.69. The van der Waals surface area contributed by atoms with Crippen LogP contribution in [0.3, 0.4) is 0 Å². The molecule has 1 aromatic carbocycles. The number of unbranched alkanes of at least 4 members (excludes halogenated alkanes) is 1. The zero-order valence-corrected chi connectivity index (χ0v) is 34.5. The van der Waals surface area contributed by atoms with Gasteiger partial charge in [0.2, 0.25) is 12.2 Å². The average Bonchev–Trinajstić information content (AvgIpc) is 3.60. The molecule has 350 valence electrons. The van der Waals surface area contributed by atoms with Crippen molar-refractivity contribution in [2.75, 3.05) is 39.4 Å². The fourth-order valence-electron chi connectivity index (χ4n) is 7.46. The van der Waals surface area contributed by atoms with Gasteiger partial charge in [0.25, 0.3) is 0 Å². The molecule has 26 heteroatoms. The molecule has 4 fully saturated rings. The molecular formula is C37H59N13O13. The maximum absolute atomic E-state index is 13.4. The Bertz CT molecular complexity index is 1790. The van der Waals surface area contributed by atoms with Crippen molar-refractivity contribution in [2.24, 2.45) is 33.7 Å². The van der Waals surface area contributed by atoms with E-state index in [4.69, 9.17) is 52.4 Å². The maximum Gasteiger partial charge on any atom is 0.326 e. The van der Waals surface area contributed by atoms with Crippen LogP contribution in [0.25, 0.3) is 6.08 Å². The number of carbonyl (C=O) groups excluding carboxylic acids is 5. The average molecular weight is 894 g/mol. The van der Waals surface area contributed by atoms with Crippen LogP contribution in [0, 0.1) is 0 Å². The Labute approximate surface area is 361 Å². The number of guanidine groups is 1. The lowest BCUT2D eigenvalue weighted by atomic mass is 9.95. The fourth-order valence-corrected chi connectivity index (χ4v) is 7.46. The SMILES string of the molecule is CC1OC(Oc2ccc(C=CC(=O)NCCCNCCCCN)cc2)C(N=C(N)N)C(O)C1NC(=O)NC1OCC(OC2OCC(O)C3NC(=O)N(C(N)=O)C23)C(O)C1NC(N)=O. The van der Waals surface area contributed by atoms with Crippen molar-refractivity contribution < 1.29 is 63.0 Å². The van der Waals surface area contributed by atoms with E-state index in [1.807, 2.05) is 0 Å². The van der Waals surface area contributed by atoms with Crippen molar-refractivity contribution in [3.8, 4) is 5.75 Å². The summed E-state index contributed by atoms with van der Waals surface area (Å²) < 4.78 is 29.3. The molecule has 19 N–H and O–H groups in total. The van der Waals surface area contributed by atoms with Crippen molar-refractivity contribution in [3.63, 3.8) is 0 Å². The molecule has 63 heavy (non-hydrogen) atoms. The highest BCUT2D eigenvalue weighted by Gasteiger charge is 2.55. The quantitative estimate of drug-likeness (QED) is 0.0284. The van der Waals surface area contributed by atoms with Crippen LogP contribution in [0.5, 0.6) is 5.75 Å². The van der Waals surface area contributed by atoms with Gasteiger partial charge >= 0.3 is 24.1 Å². The molecule has 0 aliphatic carbocycles. The number of aliphatic imine (C=N–C) groups is 1. The van der Waals surface area contributed by atoms with Gasteiger partial charge in [0, 0.05) is 12.6 Å². The molecule has 4 heterocycles. The first-order valence-corrected chi connectivity index (χ1v) is 20.4. The van der Waals surface area contributed by atoms with Crippen LogP contribution in [0.4, 0.5) is 19.2 Å². The van der Waals surface area contributed by atoms with Gasteiger partial charge in [0.15, 0.2) is 18.5 Å². The van der Waals surface area contributed by atoms with Gasteiger partial charge in [-0.15, -0.1) is 0 Å². The molecule has 0 bridgehead atoms. The van der Waals surface area contributed by atoms with Crippen LogP contribution in [-0.2, 0) is 23.7 Å². The van der Waals surface area contributed by atoms with E-state index in [2.05, 4.69) is 36.9 Å². The number of nitrogens with zero attached hydrogens (tertiary/aromatic N) is 2.